The fraction of sp³-hybridized carbons (Fsp3) is 0.895. The molecule has 0 bridgehead atoms. The lowest BCUT2D eigenvalue weighted by Crippen LogP contribution is -2.60. The molecule has 3 atom stereocenters. The van der Waals surface area contributed by atoms with Crippen molar-refractivity contribution in [2.75, 3.05) is 27.2 Å². The van der Waals surface area contributed by atoms with Crippen LogP contribution in [0.25, 0.3) is 0 Å². The van der Waals surface area contributed by atoms with Crippen LogP contribution in [0, 0.1) is 11.3 Å². The number of rotatable bonds is 6. The first-order valence-corrected chi connectivity index (χ1v) is 9.38. The number of nitrogens with one attached hydrogen (secondary N) is 1. The van der Waals surface area contributed by atoms with Gasteiger partial charge in [-0.2, -0.15) is 0 Å². The van der Waals surface area contributed by atoms with E-state index in [2.05, 4.69) is 10.2 Å². The molecule has 0 saturated carbocycles. The standard InChI is InChI=1S/C19H37N3O3/c1-13(2)15(12-23)22(7)18(25)16(19(3,4)5)20-17(24)14-10-8-9-11-21(14)6/h13-16,23H,8-12H2,1-7H3,(H,20,24)/t14?,15-,16-/m1/s1. The molecular weight excluding hydrogens is 318 g/mol. The van der Waals surface area contributed by atoms with Crippen molar-refractivity contribution in [3.63, 3.8) is 0 Å². The molecular formula is C19H37N3O3. The van der Waals surface area contributed by atoms with Gasteiger partial charge in [0.25, 0.3) is 0 Å². The van der Waals surface area contributed by atoms with Gasteiger partial charge in [-0.15, -0.1) is 0 Å². The maximum atomic E-state index is 13.1. The van der Waals surface area contributed by atoms with Gasteiger partial charge < -0.3 is 15.3 Å². The minimum atomic E-state index is -0.617. The Balaban J connectivity index is 2.93. The maximum absolute atomic E-state index is 13.1. The fourth-order valence-electron chi connectivity index (χ4n) is 3.44. The molecule has 25 heavy (non-hydrogen) atoms. The van der Waals surface area contributed by atoms with Gasteiger partial charge in [-0.3, -0.25) is 14.5 Å². The largest absolute Gasteiger partial charge is 0.394 e. The predicted molar refractivity (Wildman–Crippen MR) is 100 cm³/mol. The van der Waals surface area contributed by atoms with Gasteiger partial charge in [0.2, 0.25) is 11.8 Å². The monoisotopic (exact) mass is 355 g/mol. The lowest BCUT2D eigenvalue weighted by atomic mass is 9.84. The zero-order chi connectivity index (χ0) is 19.4. The molecule has 0 aromatic carbocycles. The molecule has 1 heterocycles. The second-order valence-electron chi connectivity index (χ2n) is 8.74. The third kappa shape index (κ3) is 5.68. The van der Waals surface area contributed by atoms with E-state index in [-0.39, 0.29) is 36.4 Å². The van der Waals surface area contributed by atoms with Crippen LogP contribution in [0.2, 0.25) is 0 Å². The van der Waals surface area contributed by atoms with Crippen molar-refractivity contribution in [3.8, 4) is 0 Å². The highest BCUT2D eigenvalue weighted by atomic mass is 16.3. The van der Waals surface area contributed by atoms with Crippen LogP contribution < -0.4 is 5.32 Å². The third-order valence-electron chi connectivity index (χ3n) is 5.27. The first-order chi connectivity index (χ1) is 11.5. The summed E-state index contributed by atoms with van der Waals surface area (Å²) < 4.78 is 0. The maximum Gasteiger partial charge on any atom is 0.245 e. The highest BCUT2D eigenvalue weighted by molar-refractivity contribution is 5.90. The summed E-state index contributed by atoms with van der Waals surface area (Å²) in [5, 5.41) is 12.6. The number of carbonyl (C=O) groups excluding carboxylic acids is 2. The van der Waals surface area contributed by atoms with Gasteiger partial charge in [-0.1, -0.05) is 41.0 Å². The Bertz CT molecular complexity index is 459. The number of carbonyl (C=O) groups is 2. The van der Waals surface area contributed by atoms with Gasteiger partial charge in [0.15, 0.2) is 0 Å². The molecule has 0 radical (unpaired) electrons. The van der Waals surface area contributed by atoms with E-state index in [1.54, 1.807) is 11.9 Å². The molecule has 2 amide bonds. The normalized spacial score (nSPS) is 21.7. The first-order valence-electron chi connectivity index (χ1n) is 9.38. The molecule has 6 heteroatoms. The molecule has 6 nitrogen and oxygen atoms in total. The van der Waals surface area contributed by atoms with Gasteiger partial charge in [-0.25, -0.2) is 0 Å². The van der Waals surface area contributed by atoms with E-state index in [1.165, 1.54) is 0 Å². The quantitative estimate of drug-likeness (QED) is 0.757. The van der Waals surface area contributed by atoms with E-state index in [4.69, 9.17) is 0 Å². The van der Waals surface area contributed by atoms with Gasteiger partial charge in [0.05, 0.1) is 18.7 Å². The SMILES string of the molecule is CC(C)[C@@H](CO)N(C)C(=O)[C@@H](NC(=O)C1CCCCN1C)C(C)(C)C. The van der Waals surface area contributed by atoms with E-state index in [9.17, 15) is 14.7 Å². The number of hydrogen-bond donors (Lipinski definition) is 2. The third-order valence-corrected chi connectivity index (χ3v) is 5.27. The Morgan fingerprint density at radius 2 is 1.88 bits per heavy atom. The number of amides is 2. The molecule has 0 spiro atoms. The summed E-state index contributed by atoms with van der Waals surface area (Å²) in [4.78, 5) is 29.5. The lowest BCUT2D eigenvalue weighted by Gasteiger charge is -2.39. The van der Waals surface area contributed by atoms with Crippen LogP contribution in [0.3, 0.4) is 0 Å². The Labute approximate surface area is 152 Å². The summed E-state index contributed by atoms with van der Waals surface area (Å²) in [5.74, 6) is -0.0826. The Morgan fingerprint density at radius 3 is 2.32 bits per heavy atom. The molecule has 1 saturated heterocycles. The van der Waals surface area contributed by atoms with Crippen LogP contribution in [0.15, 0.2) is 0 Å². The minimum Gasteiger partial charge on any atom is -0.394 e. The number of hydrogen-bond acceptors (Lipinski definition) is 4. The number of aliphatic hydroxyl groups excluding tert-OH is 1. The molecule has 0 aliphatic carbocycles. The van der Waals surface area contributed by atoms with Crippen molar-refractivity contribution in [1.29, 1.82) is 0 Å². The van der Waals surface area contributed by atoms with Crippen LogP contribution in [-0.4, -0.2) is 72.1 Å². The summed E-state index contributed by atoms with van der Waals surface area (Å²) in [6, 6.07) is -1.05. The highest BCUT2D eigenvalue weighted by Gasteiger charge is 2.39. The summed E-state index contributed by atoms with van der Waals surface area (Å²) in [5.41, 5.74) is -0.411. The number of piperidine rings is 1. The average Bonchev–Trinajstić information content (AvgIpc) is 2.51. The minimum absolute atomic E-state index is 0.0750. The fourth-order valence-corrected chi connectivity index (χ4v) is 3.44. The van der Waals surface area contributed by atoms with Crippen molar-refractivity contribution in [3.05, 3.63) is 0 Å². The Hall–Kier alpha value is -1.14. The zero-order valence-electron chi connectivity index (χ0n) is 17.0. The summed E-state index contributed by atoms with van der Waals surface area (Å²) in [7, 11) is 3.67. The van der Waals surface area contributed by atoms with E-state index in [0.717, 1.165) is 25.8 Å². The number of aliphatic hydroxyl groups is 1. The van der Waals surface area contributed by atoms with Gasteiger partial charge in [0, 0.05) is 7.05 Å². The molecule has 146 valence electrons. The second kappa shape index (κ2) is 8.99. The van der Waals surface area contributed by atoms with Gasteiger partial charge >= 0.3 is 0 Å². The second-order valence-corrected chi connectivity index (χ2v) is 8.74. The molecule has 1 fully saturated rings. The van der Waals surface area contributed by atoms with E-state index >= 15 is 0 Å². The van der Waals surface area contributed by atoms with E-state index in [1.807, 2.05) is 41.7 Å². The van der Waals surface area contributed by atoms with E-state index in [0.29, 0.717) is 0 Å². The molecule has 1 unspecified atom stereocenters. The molecule has 0 aromatic rings. The smallest absolute Gasteiger partial charge is 0.245 e. The predicted octanol–water partition coefficient (Wildman–Crippen LogP) is 1.48. The summed E-state index contributed by atoms with van der Waals surface area (Å²) in [6.45, 7) is 10.6. The van der Waals surface area contributed by atoms with Crippen molar-refractivity contribution in [1.82, 2.24) is 15.1 Å². The van der Waals surface area contributed by atoms with Crippen LogP contribution >= 0.6 is 0 Å². The lowest BCUT2D eigenvalue weighted by molar-refractivity contribution is -0.143. The van der Waals surface area contributed by atoms with Crippen LogP contribution in [0.1, 0.15) is 53.9 Å². The Morgan fingerprint density at radius 1 is 1.28 bits per heavy atom. The van der Waals surface area contributed by atoms with Crippen LogP contribution in [0.5, 0.6) is 0 Å². The summed E-state index contributed by atoms with van der Waals surface area (Å²) in [6.07, 6.45) is 2.97. The van der Waals surface area contributed by atoms with Crippen LogP contribution in [0.4, 0.5) is 0 Å². The topological polar surface area (TPSA) is 72.9 Å². The van der Waals surface area contributed by atoms with Crippen molar-refractivity contribution < 1.29 is 14.7 Å². The van der Waals surface area contributed by atoms with Gasteiger partial charge in [-0.05, 0) is 37.8 Å². The molecule has 1 aliphatic heterocycles. The van der Waals surface area contributed by atoms with Gasteiger partial charge in [0.1, 0.15) is 6.04 Å². The van der Waals surface area contributed by atoms with E-state index < -0.39 is 11.5 Å². The van der Waals surface area contributed by atoms with Crippen molar-refractivity contribution in [2.24, 2.45) is 11.3 Å². The molecule has 2 N–H and O–H groups in total. The zero-order valence-corrected chi connectivity index (χ0v) is 17.0. The van der Waals surface area contributed by atoms with Crippen LogP contribution in [-0.2, 0) is 9.59 Å². The number of nitrogens with zero attached hydrogens (tertiary/aromatic N) is 2. The molecule has 1 aliphatic rings. The molecule has 1 rings (SSSR count). The van der Waals surface area contributed by atoms with Crippen molar-refractivity contribution in [2.45, 2.75) is 72.0 Å². The number of likely N-dealkylation sites (N-methyl/N-ethyl adjacent to an activating group) is 2. The number of likely N-dealkylation sites (tertiary alicyclic amines) is 1. The average molecular weight is 356 g/mol. The molecule has 0 aromatic heterocycles. The van der Waals surface area contributed by atoms with Crippen molar-refractivity contribution >= 4 is 11.8 Å². The summed E-state index contributed by atoms with van der Waals surface area (Å²) >= 11 is 0. The Kier molecular flexibility index (Phi) is 7.88. The first kappa shape index (κ1) is 21.9. The highest BCUT2D eigenvalue weighted by Crippen LogP contribution is 2.24.